The fourth-order valence-corrected chi connectivity index (χ4v) is 4.06. The maximum Gasteiger partial charge on any atom is 0.242 e. The van der Waals surface area contributed by atoms with E-state index in [1.165, 1.54) is 16.7 Å². The standard InChI is InChI=1S/C22H25N3O4S/c1-4-28-17-11-9-15(10-12-17)24-22-25(3)21(27)19(30-22)14-20(26)23-16-7-6-8-18(13-16)29-5-2/h6-13,19H,4-5,14H2,1-3H3,(H,23,26)/t19-/m1/s1. The molecule has 1 aliphatic rings. The van der Waals surface area contributed by atoms with Gasteiger partial charge in [0.25, 0.3) is 0 Å². The predicted molar refractivity (Wildman–Crippen MR) is 120 cm³/mol. The molecule has 1 aliphatic heterocycles. The molecule has 1 heterocycles. The van der Waals surface area contributed by atoms with Crippen molar-refractivity contribution in [1.29, 1.82) is 0 Å². The van der Waals surface area contributed by atoms with E-state index in [-0.39, 0.29) is 18.2 Å². The minimum absolute atomic E-state index is 0.0645. The molecular formula is C22H25N3O4S. The molecule has 0 aliphatic carbocycles. The molecule has 0 aromatic heterocycles. The van der Waals surface area contributed by atoms with Crippen LogP contribution in [0.4, 0.5) is 11.4 Å². The van der Waals surface area contributed by atoms with Gasteiger partial charge in [0.1, 0.15) is 16.7 Å². The summed E-state index contributed by atoms with van der Waals surface area (Å²) in [6.07, 6.45) is 0.0645. The molecule has 1 N–H and O–H groups in total. The Balaban J connectivity index is 1.62. The van der Waals surface area contributed by atoms with Gasteiger partial charge in [0.2, 0.25) is 11.8 Å². The normalized spacial score (nSPS) is 17.3. The van der Waals surface area contributed by atoms with Gasteiger partial charge in [0.15, 0.2) is 5.17 Å². The van der Waals surface area contributed by atoms with E-state index in [2.05, 4.69) is 10.3 Å². The maximum absolute atomic E-state index is 12.6. The maximum atomic E-state index is 12.6. The molecule has 1 fully saturated rings. The average Bonchev–Trinajstić information content (AvgIpc) is 2.98. The topological polar surface area (TPSA) is 80.2 Å². The van der Waals surface area contributed by atoms with Crippen LogP contribution in [0.25, 0.3) is 0 Å². The van der Waals surface area contributed by atoms with Crippen molar-refractivity contribution in [1.82, 2.24) is 4.90 Å². The second-order valence-electron chi connectivity index (χ2n) is 6.54. The number of thioether (sulfide) groups is 1. The predicted octanol–water partition coefficient (Wildman–Crippen LogP) is 4.07. The summed E-state index contributed by atoms with van der Waals surface area (Å²) in [7, 11) is 1.67. The van der Waals surface area contributed by atoms with Gasteiger partial charge in [-0.15, -0.1) is 0 Å². The van der Waals surface area contributed by atoms with Crippen LogP contribution in [-0.2, 0) is 9.59 Å². The van der Waals surface area contributed by atoms with Gasteiger partial charge < -0.3 is 14.8 Å². The van der Waals surface area contributed by atoms with Crippen LogP contribution in [0.15, 0.2) is 53.5 Å². The second kappa shape index (κ2) is 10.2. The number of rotatable bonds is 8. The van der Waals surface area contributed by atoms with Gasteiger partial charge in [-0.05, 0) is 50.2 Å². The summed E-state index contributed by atoms with van der Waals surface area (Å²) in [6.45, 7) is 4.97. The number of nitrogens with zero attached hydrogens (tertiary/aromatic N) is 2. The molecule has 8 heteroatoms. The molecule has 0 radical (unpaired) electrons. The molecule has 158 valence electrons. The Hall–Kier alpha value is -3.00. The first kappa shape index (κ1) is 21.7. The van der Waals surface area contributed by atoms with E-state index in [9.17, 15) is 9.59 Å². The van der Waals surface area contributed by atoms with Crippen molar-refractivity contribution in [2.24, 2.45) is 4.99 Å². The fourth-order valence-electron chi connectivity index (χ4n) is 2.90. The van der Waals surface area contributed by atoms with Crippen LogP contribution in [0.3, 0.4) is 0 Å². The van der Waals surface area contributed by atoms with Gasteiger partial charge in [0.05, 0.1) is 18.9 Å². The van der Waals surface area contributed by atoms with Crippen LogP contribution >= 0.6 is 11.8 Å². The number of amides is 2. The molecule has 0 unspecified atom stereocenters. The SMILES string of the molecule is CCOc1ccc(N=C2S[C@H](CC(=O)Nc3cccc(OCC)c3)C(=O)N2C)cc1. The minimum Gasteiger partial charge on any atom is -0.494 e. The highest BCUT2D eigenvalue weighted by Gasteiger charge is 2.37. The Morgan fingerprint density at radius 3 is 2.50 bits per heavy atom. The highest BCUT2D eigenvalue weighted by atomic mass is 32.2. The zero-order valence-electron chi connectivity index (χ0n) is 17.3. The first-order chi connectivity index (χ1) is 14.5. The van der Waals surface area contributed by atoms with Gasteiger partial charge in [-0.3, -0.25) is 14.5 Å². The smallest absolute Gasteiger partial charge is 0.242 e. The summed E-state index contributed by atoms with van der Waals surface area (Å²) >= 11 is 1.30. The lowest BCUT2D eigenvalue weighted by Crippen LogP contribution is -2.30. The van der Waals surface area contributed by atoms with Gasteiger partial charge in [-0.2, -0.15) is 0 Å². The van der Waals surface area contributed by atoms with Crippen LogP contribution in [-0.4, -0.2) is 47.4 Å². The number of aliphatic imine (C=N–C) groups is 1. The Morgan fingerprint density at radius 2 is 1.80 bits per heavy atom. The van der Waals surface area contributed by atoms with Crippen molar-refractivity contribution in [3.63, 3.8) is 0 Å². The van der Waals surface area contributed by atoms with Crippen LogP contribution in [0, 0.1) is 0 Å². The van der Waals surface area contributed by atoms with Crippen molar-refractivity contribution < 1.29 is 19.1 Å². The molecule has 3 rings (SSSR count). The van der Waals surface area contributed by atoms with E-state index in [1.807, 2.05) is 50.2 Å². The summed E-state index contributed by atoms with van der Waals surface area (Å²) in [5.41, 5.74) is 1.36. The lowest BCUT2D eigenvalue weighted by molar-refractivity contribution is -0.127. The van der Waals surface area contributed by atoms with E-state index >= 15 is 0 Å². The number of amidine groups is 1. The lowest BCUT2D eigenvalue weighted by atomic mass is 10.2. The molecule has 2 aromatic carbocycles. The monoisotopic (exact) mass is 427 g/mol. The Kier molecular flexibility index (Phi) is 7.35. The Bertz CT molecular complexity index is 930. The van der Waals surface area contributed by atoms with E-state index in [4.69, 9.17) is 9.47 Å². The van der Waals surface area contributed by atoms with Crippen molar-refractivity contribution in [2.45, 2.75) is 25.5 Å². The van der Waals surface area contributed by atoms with Crippen molar-refractivity contribution in [2.75, 3.05) is 25.6 Å². The number of ether oxygens (including phenoxy) is 2. The first-order valence-electron chi connectivity index (χ1n) is 9.78. The van der Waals surface area contributed by atoms with E-state index in [1.54, 1.807) is 19.2 Å². The van der Waals surface area contributed by atoms with Crippen molar-refractivity contribution in [3.8, 4) is 11.5 Å². The first-order valence-corrected chi connectivity index (χ1v) is 10.7. The van der Waals surface area contributed by atoms with Gasteiger partial charge in [0, 0.05) is 25.2 Å². The molecular weight excluding hydrogens is 402 g/mol. The van der Waals surface area contributed by atoms with E-state index < -0.39 is 5.25 Å². The number of carbonyl (C=O) groups is 2. The number of hydrogen-bond donors (Lipinski definition) is 1. The molecule has 30 heavy (non-hydrogen) atoms. The molecule has 1 atom stereocenters. The molecule has 0 saturated carbocycles. The van der Waals surface area contributed by atoms with Gasteiger partial charge >= 0.3 is 0 Å². The number of anilines is 1. The highest BCUT2D eigenvalue weighted by Crippen LogP contribution is 2.31. The third-order valence-electron chi connectivity index (χ3n) is 4.31. The number of nitrogens with one attached hydrogen (secondary N) is 1. The van der Waals surface area contributed by atoms with Crippen LogP contribution in [0.2, 0.25) is 0 Å². The van der Waals surface area contributed by atoms with Gasteiger partial charge in [-0.25, -0.2) is 4.99 Å². The minimum atomic E-state index is -0.508. The van der Waals surface area contributed by atoms with E-state index in [0.717, 1.165) is 11.4 Å². The summed E-state index contributed by atoms with van der Waals surface area (Å²) in [5.74, 6) is 1.09. The second-order valence-corrected chi connectivity index (χ2v) is 7.71. The third kappa shape index (κ3) is 5.54. The van der Waals surface area contributed by atoms with Crippen LogP contribution in [0.5, 0.6) is 11.5 Å². The molecule has 1 saturated heterocycles. The van der Waals surface area contributed by atoms with E-state index in [0.29, 0.717) is 29.8 Å². The molecule has 0 spiro atoms. The van der Waals surface area contributed by atoms with Crippen molar-refractivity contribution >= 4 is 40.1 Å². The third-order valence-corrected chi connectivity index (χ3v) is 5.54. The molecule has 0 bridgehead atoms. The summed E-state index contributed by atoms with van der Waals surface area (Å²) in [4.78, 5) is 31.1. The average molecular weight is 428 g/mol. The van der Waals surface area contributed by atoms with Crippen LogP contribution < -0.4 is 14.8 Å². The quantitative estimate of drug-likeness (QED) is 0.687. The van der Waals surface area contributed by atoms with Crippen LogP contribution in [0.1, 0.15) is 20.3 Å². The summed E-state index contributed by atoms with van der Waals surface area (Å²) < 4.78 is 10.9. The van der Waals surface area contributed by atoms with Gasteiger partial charge in [-0.1, -0.05) is 17.8 Å². The molecule has 2 amide bonds. The molecule has 7 nitrogen and oxygen atoms in total. The summed E-state index contributed by atoms with van der Waals surface area (Å²) in [6, 6.07) is 14.5. The summed E-state index contributed by atoms with van der Waals surface area (Å²) in [5, 5.41) is 2.89. The Labute approximate surface area is 180 Å². The molecule has 2 aromatic rings. The largest absolute Gasteiger partial charge is 0.494 e. The fraction of sp³-hybridized carbons (Fsp3) is 0.318. The van der Waals surface area contributed by atoms with Crippen molar-refractivity contribution in [3.05, 3.63) is 48.5 Å². The Morgan fingerprint density at radius 1 is 1.10 bits per heavy atom. The lowest BCUT2D eigenvalue weighted by Gasteiger charge is -2.10. The number of benzene rings is 2. The highest BCUT2D eigenvalue weighted by molar-refractivity contribution is 8.15. The number of carbonyl (C=O) groups excluding carboxylic acids is 2. The zero-order valence-corrected chi connectivity index (χ0v) is 18.1. The number of hydrogen-bond acceptors (Lipinski definition) is 6. The zero-order chi connectivity index (χ0) is 21.5.